The Morgan fingerprint density at radius 3 is 2.35 bits per heavy atom. The van der Waals surface area contributed by atoms with Crippen LogP contribution in [0.25, 0.3) is 0 Å². The third-order valence-corrected chi connectivity index (χ3v) is 3.72. The number of nitrogens with one attached hydrogen (secondary N) is 1. The van der Waals surface area contributed by atoms with Crippen LogP contribution in [0.5, 0.6) is 0 Å². The van der Waals surface area contributed by atoms with Gasteiger partial charge in [-0.2, -0.15) is 0 Å². The summed E-state index contributed by atoms with van der Waals surface area (Å²) >= 11 is 5.79. The Kier molecular flexibility index (Phi) is 4.79. The number of carbonyl (C=O) groups is 2. The first-order valence-corrected chi connectivity index (χ1v) is 6.85. The summed E-state index contributed by atoms with van der Waals surface area (Å²) in [6, 6.07) is 7.18. The summed E-state index contributed by atoms with van der Waals surface area (Å²) in [7, 11) is 0. The van der Waals surface area contributed by atoms with Gasteiger partial charge in [-0.05, 0) is 30.5 Å². The first kappa shape index (κ1) is 14.6. The molecule has 0 fully saturated rings. The first-order valence-electron chi connectivity index (χ1n) is 6.48. The molecular weight excluding hydrogens is 278 g/mol. The number of allylic oxidation sites excluding steroid dienone is 2. The summed E-state index contributed by atoms with van der Waals surface area (Å²) in [6.45, 7) is 0.378. The number of rotatable bonds is 4. The van der Waals surface area contributed by atoms with Crippen LogP contribution in [0.15, 0.2) is 36.4 Å². The van der Waals surface area contributed by atoms with Crippen molar-refractivity contribution >= 4 is 23.5 Å². The molecule has 106 valence electrons. The largest absolute Gasteiger partial charge is 0.481 e. The topological polar surface area (TPSA) is 66.4 Å². The second-order valence-corrected chi connectivity index (χ2v) is 5.27. The van der Waals surface area contributed by atoms with Crippen molar-refractivity contribution in [2.45, 2.75) is 19.4 Å². The molecule has 5 heteroatoms. The van der Waals surface area contributed by atoms with Gasteiger partial charge in [0.1, 0.15) is 0 Å². The minimum absolute atomic E-state index is 0.211. The quantitative estimate of drug-likeness (QED) is 0.839. The molecule has 1 aromatic carbocycles. The Balaban J connectivity index is 1.95. The van der Waals surface area contributed by atoms with Crippen LogP contribution in [0.4, 0.5) is 0 Å². The number of hydrogen-bond donors (Lipinski definition) is 2. The van der Waals surface area contributed by atoms with Crippen LogP contribution in [0.2, 0.25) is 5.02 Å². The molecule has 2 rings (SSSR count). The predicted molar refractivity (Wildman–Crippen MR) is 76.3 cm³/mol. The molecule has 0 aromatic heterocycles. The summed E-state index contributed by atoms with van der Waals surface area (Å²) in [5.74, 6) is -2.26. The molecule has 0 heterocycles. The number of carbonyl (C=O) groups excluding carboxylic acids is 1. The molecule has 2 atom stereocenters. The Labute approximate surface area is 122 Å². The zero-order valence-corrected chi connectivity index (χ0v) is 11.6. The zero-order valence-electron chi connectivity index (χ0n) is 10.9. The van der Waals surface area contributed by atoms with Crippen LogP contribution in [-0.2, 0) is 16.1 Å². The normalized spacial score (nSPS) is 21.4. The fourth-order valence-corrected chi connectivity index (χ4v) is 2.43. The van der Waals surface area contributed by atoms with E-state index >= 15 is 0 Å². The summed E-state index contributed by atoms with van der Waals surface area (Å²) in [6.07, 6.45) is 4.57. The molecule has 0 bridgehead atoms. The van der Waals surface area contributed by atoms with E-state index in [-0.39, 0.29) is 5.91 Å². The number of halogens is 1. The molecule has 1 aliphatic carbocycles. The van der Waals surface area contributed by atoms with Crippen molar-refractivity contribution in [2.24, 2.45) is 11.8 Å². The fourth-order valence-electron chi connectivity index (χ4n) is 2.30. The van der Waals surface area contributed by atoms with E-state index in [1.807, 2.05) is 24.3 Å². The lowest BCUT2D eigenvalue weighted by molar-refractivity contribution is -0.147. The third-order valence-electron chi connectivity index (χ3n) is 3.47. The number of benzene rings is 1. The van der Waals surface area contributed by atoms with E-state index < -0.39 is 17.8 Å². The average Bonchev–Trinajstić information content (AvgIpc) is 2.46. The molecule has 0 unspecified atom stereocenters. The standard InChI is InChI=1S/C15H16ClNO3/c16-11-7-5-10(6-8-11)9-17-14(18)12-3-1-2-4-13(12)15(19)20/h1-2,5-8,12-13H,3-4,9H2,(H,17,18)(H,19,20)/t12-,13+/m0/s1. The lowest BCUT2D eigenvalue weighted by Gasteiger charge is -2.24. The smallest absolute Gasteiger partial charge is 0.307 e. The lowest BCUT2D eigenvalue weighted by atomic mass is 9.82. The number of hydrogen-bond acceptors (Lipinski definition) is 2. The summed E-state index contributed by atoms with van der Waals surface area (Å²) in [5.41, 5.74) is 0.931. The number of aliphatic carboxylic acids is 1. The highest BCUT2D eigenvalue weighted by atomic mass is 35.5. The Hall–Kier alpha value is -1.81. The van der Waals surface area contributed by atoms with E-state index in [0.29, 0.717) is 24.4 Å². The highest BCUT2D eigenvalue weighted by Crippen LogP contribution is 2.26. The molecule has 0 aliphatic heterocycles. The molecule has 1 amide bonds. The van der Waals surface area contributed by atoms with Crippen molar-refractivity contribution in [3.63, 3.8) is 0 Å². The van der Waals surface area contributed by atoms with Crippen molar-refractivity contribution < 1.29 is 14.7 Å². The molecule has 0 radical (unpaired) electrons. The summed E-state index contributed by atoms with van der Waals surface area (Å²) in [4.78, 5) is 23.3. The maximum Gasteiger partial charge on any atom is 0.307 e. The zero-order chi connectivity index (χ0) is 14.5. The van der Waals surface area contributed by atoms with E-state index in [1.54, 1.807) is 12.1 Å². The SMILES string of the molecule is O=C(NCc1ccc(Cl)cc1)[C@H]1CC=CC[C@H]1C(=O)O. The average molecular weight is 294 g/mol. The number of carboxylic acids is 1. The monoisotopic (exact) mass is 293 g/mol. The molecule has 1 aliphatic rings. The Morgan fingerprint density at radius 1 is 1.15 bits per heavy atom. The predicted octanol–water partition coefficient (Wildman–Crippen LogP) is 2.62. The maximum atomic E-state index is 12.1. The van der Waals surface area contributed by atoms with Gasteiger partial charge in [0, 0.05) is 11.6 Å². The van der Waals surface area contributed by atoms with Gasteiger partial charge in [-0.3, -0.25) is 9.59 Å². The highest BCUT2D eigenvalue weighted by molar-refractivity contribution is 6.30. The maximum absolute atomic E-state index is 12.1. The minimum atomic E-state index is -0.916. The molecule has 0 saturated heterocycles. The molecule has 4 nitrogen and oxygen atoms in total. The molecular formula is C15H16ClNO3. The number of carboxylic acid groups (broad SMARTS) is 1. The molecule has 20 heavy (non-hydrogen) atoms. The fraction of sp³-hybridized carbons (Fsp3) is 0.333. The number of amides is 1. The van der Waals surface area contributed by atoms with E-state index in [4.69, 9.17) is 16.7 Å². The van der Waals surface area contributed by atoms with Crippen molar-refractivity contribution in [1.82, 2.24) is 5.32 Å². The van der Waals surface area contributed by atoms with Gasteiger partial charge in [0.25, 0.3) is 0 Å². The van der Waals surface area contributed by atoms with Crippen LogP contribution in [-0.4, -0.2) is 17.0 Å². The van der Waals surface area contributed by atoms with Crippen molar-refractivity contribution in [2.75, 3.05) is 0 Å². The Morgan fingerprint density at radius 2 is 1.75 bits per heavy atom. The van der Waals surface area contributed by atoms with Crippen LogP contribution < -0.4 is 5.32 Å². The summed E-state index contributed by atoms with van der Waals surface area (Å²) < 4.78 is 0. The van der Waals surface area contributed by atoms with Gasteiger partial charge < -0.3 is 10.4 Å². The molecule has 0 spiro atoms. The van der Waals surface area contributed by atoms with Crippen LogP contribution in [0.1, 0.15) is 18.4 Å². The van der Waals surface area contributed by atoms with E-state index in [1.165, 1.54) is 0 Å². The van der Waals surface area contributed by atoms with Crippen molar-refractivity contribution in [3.05, 3.63) is 47.0 Å². The minimum Gasteiger partial charge on any atom is -0.481 e. The van der Waals surface area contributed by atoms with Crippen molar-refractivity contribution in [3.8, 4) is 0 Å². The lowest BCUT2D eigenvalue weighted by Crippen LogP contribution is -2.38. The van der Waals surface area contributed by atoms with E-state index in [9.17, 15) is 9.59 Å². The second-order valence-electron chi connectivity index (χ2n) is 4.84. The van der Waals surface area contributed by atoms with Crippen LogP contribution in [0.3, 0.4) is 0 Å². The highest BCUT2D eigenvalue weighted by Gasteiger charge is 2.33. The van der Waals surface area contributed by atoms with Crippen LogP contribution >= 0.6 is 11.6 Å². The van der Waals surface area contributed by atoms with Crippen molar-refractivity contribution in [1.29, 1.82) is 0 Å². The molecule has 1 aromatic rings. The van der Waals surface area contributed by atoms with Gasteiger partial charge in [-0.1, -0.05) is 35.9 Å². The van der Waals surface area contributed by atoms with Crippen LogP contribution in [0, 0.1) is 11.8 Å². The molecule has 2 N–H and O–H groups in total. The second kappa shape index (κ2) is 6.57. The van der Waals surface area contributed by atoms with E-state index in [2.05, 4.69) is 5.32 Å². The van der Waals surface area contributed by atoms with E-state index in [0.717, 1.165) is 5.56 Å². The van der Waals surface area contributed by atoms with Gasteiger partial charge in [0.15, 0.2) is 0 Å². The first-order chi connectivity index (χ1) is 9.58. The van der Waals surface area contributed by atoms with Gasteiger partial charge in [0.05, 0.1) is 11.8 Å². The van der Waals surface area contributed by atoms with Gasteiger partial charge in [0.2, 0.25) is 5.91 Å². The Bertz CT molecular complexity index is 524. The van der Waals surface area contributed by atoms with Gasteiger partial charge in [-0.15, -0.1) is 0 Å². The van der Waals surface area contributed by atoms with Gasteiger partial charge >= 0.3 is 5.97 Å². The third kappa shape index (κ3) is 3.61. The summed E-state index contributed by atoms with van der Waals surface area (Å²) in [5, 5.41) is 12.6. The molecule has 0 saturated carbocycles. The van der Waals surface area contributed by atoms with Gasteiger partial charge in [-0.25, -0.2) is 0 Å².